The highest BCUT2D eigenvalue weighted by molar-refractivity contribution is 7.94. The average Bonchev–Trinajstić information content (AvgIpc) is 2.14. The molecule has 0 aromatic rings. The second-order valence-corrected chi connectivity index (χ2v) is 6.99. The summed E-state index contributed by atoms with van der Waals surface area (Å²) in [6.45, 7) is 1.25. The molecule has 4 N–H and O–H groups in total. The van der Waals surface area contributed by atoms with E-state index in [9.17, 15) is 18.0 Å². The smallest absolute Gasteiger partial charge is 0.324 e. The topological polar surface area (TPSA) is 135 Å². The molecule has 0 amide bonds. The first kappa shape index (κ1) is 14.7. The number of carboxylic acid groups (broad SMARTS) is 2. The maximum atomic E-state index is 11.5. The number of rotatable bonds is 3. The van der Waals surface area contributed by atoms with Crippen LogP contribution in [0.1, 0.15) is 19.8 Å². The molecule has 0 radical (unpaired) electrons. The number of carboxylic acids is 2. The Labute approximate surface area is 104 Å². The largest absolute Gasteiger partial charge is 0.481 e. The quantitative estimate of drug-likeness (QED) is 0.637. The predicted octanol–water partition coefficient (Wildman–Crippen LogP) is -0.418. The Bertz CT molecular complexity index is 537. The maximum absolute atomic E-state index is 11.5. The molecule has 0 heterocycles. The third-order valence-electron chi connectivity index (χ3n) is 3.04. The lowest BCUT2D eigenvalue weighted by molar-refractivity contribution is -0.150. The standard InChI is InChI=1S/C10H15NO6S/c1-9(7(12)13)3-6(18(2,16)17)4-10(11,5-9)8(14)15/h3H,4-5,11H2,1-2H3,(H,12,13)(H,14,15)/t9-,10?/m1/s1. The van der Waals surface area contributed by atoms with Crippen molar-refractivity contribution in [3.8, 4) is 0 Å². The average molecular weight is 277 g/mol. The minimum absolute atomic E-state index is 0.247. The van der Waals surface area contributed by atoms with Crippen molar-refractivity contribution in [1.29, 1.82) is 0 Å². The zero-order chi connectivity index (χ0) is 14.4. The Morgan fingerprint density at radius 3 is 2.17 bits per heavy atom. The molecule has 0 aromatic carbocycles. The van der Waals surface area contributed by atoms with Gasteiger partial charge in [0.05, 0.1) is 5.41 Å². The fraction of sp³-hybridized carbons (Fsp3) is 0.600. The van der Waals surface area contributed by atoms with Crippen molar-refractivity contribution < 1.29 is 28.2 Å². The molecule has 0 fully saturated rings. The summed E-state index contributed by atoms with van der Waals surface area (Å²) in [6.07, 6.45) is 1.22. The number of hydrogen-bond acceptors (Lipinski definition) is 5. The van der Waals surface area contributed by atoms with Gasteiger partial charge in [0.15, 0.2) is 9.84 Å². The Balaban J connectivity index is 3.43. The van der Waals surface area contributed by atoms with E-state index in [4.69, 9.17) is 15.9 Å². The van der Waals surface area contributed by atoms with Crippen molar-refractivity contribution in [3.05, 3.63) is 11.0 Å². The Kier molecular flexibility index (Phi) is 3.30. The van der Waals surface area contributed by atoms with Gasteiger partial charge in [-0.2, -0.15) is 0 Å². The van der Waals surface area contributed by atoms with Crippen LogP contribution in [-0.4, -0.2) is 42.4 Å². The summed E-state index contributed by atoms with van der Waals surface area (Å²) in [7, 11) is -3.68. The SMILES string of the molecule is C[C@@]1(C(=O)O)C=C(S(C)(=O)=O)CC(N)(C(=O)O)C1. The van der Waals surface area contributed by atoms with Crippen LogP contribution in [0.25, 0.3) is 0 Å². The third kappa shape index (κ3) is 2.54. The van der Waals surface area contributed by atoms with Gasteiger partial charge < -0.3 is 15.9 Å². The number of hydrogen-bond donors (Lipinski definition) is 3. The highest BCUT2D eigenvalue weighted by Gasteiger charge is 2.50. The molecule has 1 aliphatic rings. The lowest BCUT2D eigenvalue weighted by Gasteiger charge is -2.37. The normalized spacial score (nSPS) is 32.7. The molecule has 0 saturated carbocycles. The van der Waals surface area contributed by atoms with E-state index in [2.05, 4.69) is 0 Å². The van der Waals surface area contributed by atoms with Crippen LogP contribution in [0, 0.1) is 5.41 Å². The van der Waals surface area contributed by atoms with E-state index in [0.29, 0.717) is 0 Å². The Hall–Kier alpha value is -1.41. The molecule has 1 rings (SSSR count). The monoisotopic (exact) mass is 277 g/mol. The maximum Gasteiger partial charge on any atom is 0.324 e. The van der Waals surface area contributed by atoms with E-state index in [1.54, 1.807) is 0 Å². The Morgan fingerprint density at radius 2 is 1.83 bits per heavy atom. The molecular weight excluding hydrogens is 262 g/mol. The summed E-state index contributed by atoms with van der Waals surface area (Å²) >= 11 is 0. The number of aliphatic carboxylic acids is 2. The molecule has 0 bridgehead atoms. The fourth-order valence-electron chi connectivity index (χ4n) is 2.01. The van der Waals surface area contributed by atoms with Gasteiger partial charge in [-0.1, -0.05) is 6.08 Å². The van der Waals surface area contributed by atoms with Gasteiger partial charge in [0.2, 0.25) is 0 Å². The predicted molar refractivity (Wildman–Crippen MR) is 62.5 cm³/mol. The van der Waals surface area contributed by atoms with E-state index in [0.717, 1.165) is 12.3 Å². The zero-order valence-corrected chi connectivity index (χ0v) is 10.8. The van der Waals surface area contributed by atoms with Gasteiger partial charge in [0.25, 0.3) is 0 Å². The van der Waals surface area contributed by atoms with Crippen molar-refractivity contribution >= 4 is 21.8 Å². The minimum atomic E-state index is -3.68. The van der Waals surface area contributed by atoms with Gasteiger partial charge in [-0.15, -0.1) is 0 Å². The molecule has 0 spiro atoms. The van der Waals surface area contributed by atoms with Gasteiger partial charge in [-0.25, -0.2) is 8.42 Å². The summed E-state index contributed by atoms with van der Waals surface area (Å²) in [4.78, 5) is 22.0. The van der Waals surface area contributed by atoms with E-state index >= 15 is 0 Å². The Morgan fingerprint density at radius 1 is 1.33 bits per heavy atom. The van der Waals surface area contributed by atoms with E-state index in [1.165, 1.54) is 6.92 Å². The van der Waals surface area contributed by atoms with E-state index < -0.39 is 39.2 Å². The molecule has 7 nitrogen and oxygen atoms in total. The molecule has 0 aliphatic heterocycles. The molecule has 1 aliphatic carbocycles. The molecular formula is C10H15NO6S. The molecule has 1 unspecified atom stereocenters. The number of carbonyl (C=O) groups is 2. The van der Waals surface area contributed by atoms with Gasteiger partial charge >= 0.3 is 11.9 Å². The number of nitrogens with two attached hydrogens (primary N) is 1. The summed E-state index contributed by atoms with van der Waals surface area (Å²) < 4.78 is 23.0. The van der Waals surface area contributed by atoms with Gasteiger partial charge in [0, 0.05) is 17.6 Å². The first-order chi connectivity index (χ1) is 7.91. The zero-order valence-electron chi connectivity index (χ0n) is 10.0. The minimum Gasteiger partial charge on any atom is -0.481 e. The van der Waals surface area contributed by atoms with Crippen LogP contribution in [0.15, 0.2) is 11.0 Å². The van der Waals surface area contributed by atoms with Crippen LogP contribution in [0.5, 0.6) is 0 Å². The summed E-state index contributed by atoms with van der Waals surface area (Å²) in [6, 6.07) is 0. The van der Waals surface area contributed by atoms with Gasteiger partial charge in [0.1, 0.15) is 5.54 Å². The second kappa shape index (κ2) is 4.06. The molecule has 2 atom stereocenters. The lowest BCUT2D eigenvalue weighted by Crippen LogP contribution is -2.55. The summed E-state index contributed by atoms with van der Waals surface area (Å²) in [5, 5.41) is 18.2. The second-order valence-electron chi connectivity index (χ2n) is 4.92. The van der Waals surface area contributed by atoms with Crippen molar-refractivity contribution in [2.45, 2.75) is 25.3 Å². The van der Waals surface area contributed by atoms with Crippen molar-refractivity contribution in [2.24, 2.45) is 11.1 Å². The van der Waals surface area contributed by atoms with E-state index in [1.807, 2.05) is 0 Å². The van der Waals surface area contributed by atoms with Crippen LogP contribution in [0.2, 0.25) is 0 Å². The van der Waals surface area contributed by atoms with Crippen LogP contribution in [0.3, 0.4) is 0 Å². The van der Waals surface area contributed by atoms with E-state index in [-0.39, 0.29) is 11.3 Å². The van der Waals surface area contributed by atoms with Crippen molar-refractivity contribution in [3.63, 3.8) is 0 Å². The molecule has 0 saturated heterocycles. The van der Waals surface area contributed by atoms with Crippen molar-refractivity contribution in [2.75, 3.05) is 6.26 Å². The van der Waals surface area contributed by atoms with Crippen LogP contribution in [-0.2, 0) is 19.4 Å². The fourth-order valence-corrected chi connectivity index (χ4v) is 3.01. The molecule has 18 heavy (non-hydrogen) atoms. The lowest BCUT2D eigenvalue weighted by atomic mass is 9.71. The molecule has 102 valence electrons. The third-order valence-corrected chi connectivity index (χ3v) is 4.26. The molecule has 0 aromatic heterocycles. The van der Waals surface area contributed by atoms with Crippen LogP contribution < -0.4 is 5.73 Å². The van der Waals surface area contributed by atoms with Crippen LogP contribution in [0.4, 0.5) is 0 Å². The van der Waals surface area contributed by atoms with Gasteiger partial charge in [-0.05, 0) is 13.3 Å². The first-order valence-corrected chi connectivity index (χ1v) is 6.97. The molecule has 8 heteroatoms. The highest BCUT2D eigenvalue weighted by atomic mass is 32.2. The van der Waals surface area contributed by atoms with Crippen LogP contribution >= 0.6 is 0 Å². The summed E-state index contributed by atoms with van der Waals surface area (Å²) in [5.41, 5.74) is 2.14. The first-order valence-electron chi connectivity index (χ1n) is 5.08. The van der Waals surface area contributed by atoms with Gasteiger partial charge in [-0.3, -0.25) is 9.59 Å². The summed E-state index contributed by atoms with van der Waals surface area (Å²) in [5.74, 6) is -2.72. The number of sulfone groups is 1. The van der Waals surface area contributed by atoms with Crippen molar-refractivity contribution in [1.82, 2.24) is 0 Å². The highest BCUT2D eigenvalue weighted by Crippen LogP contribution is 2.40.